The number of piperazine rings is 1. The number of aromatic nitrogens is 1. The van der Waals surface area contributed by atoms with E-state index < -0.39 is 0 Å². The number of benzene rings is 1. The van der Waals surface area contributed by atoms with Crippen molar-refractivity contribution >= 4 is 41.6 Å². The first kappa shape index (κ1) is 21.2. The van der Waals surface area contributed by atoms with Crippen molar-refractivity contribution in [3.05, 3.63) is 36.0 Å². The number of halogens is 2. The van der Waals surface area contributed by atoms with E-state index in [1.165, 1.54) is 36.6 Å². The molecule has 0 spiro atoms. The Kier molecular flexibility index (Phi) is 7.53. The molecule has 2 aromatic rings. The van der Waals surface area contributed by atoms with Crippen molar-refractivity contribution in [3.63, 3.8) is 0 Å². The minimum absolute atomic E-state index is 0. The molecule has 2 heterocycles. The largest absolute Gasteiger partial charge is 0.314 e. The van der Waals surface area contributed by atoms with Gasteiger partial charge in [-0.3, -0.25) is 14.3 Å². The number of carbonyl (C=O) groups is 1. The number of carbonyl (C=O) groups excluding carboxylic acids is 1. The zero-order chi connectivity index (χ0) is 16.5. The number of fused-ring (bicyclic) bond motifs is 1. The second kappa shape index (κ2) is 9.23. The molecular formula is C20H29Cl2N3O. The van der Waals surface area contributed by atoms with E-state index in [1.807, 2.05) is 10.6 Å². The number of hydrogen-bond acceptors (Lipinski definition) is 3. The van der Waals surface area contributed by atoms with Crippen LogP contribution in [0.1, 0.15) is 49.0 Å². The van der Waals surface area contributed by atoms with Crippen LogP contribution < -0.4 is 5.32 Å². The molecule has 1 N–H and O–H groups in total. The maximum Gasteiger partial charge on any atom is 0.227 e. The second-order valence-electron chi connectivity index (χ2n) is 7.27. The van der Waals surface area contributed by atoms with Crippen LogP contribution in [0.2, 0.25) is 0 Å². The van der Waals surface area contributed by atoms with Gasteiger partial charge in [0.2, 0.25) is 5.91 Å². The summed E-state index contributed by atoms with van der Waals surface area (Å²) in [4.78, 5) is 14.8. The fraction of sp³-hybridized carbons (Fsp3) is 0.550. The number of nitrogens with one attached hydrogen (secondary N) is 1. The fourth-order valence-corrected chi connectivity index (χ4v) is 4.68. The Labute approximate surface area is 168 Å². The second-order valence-corrected chi connectivity index (χ2v) is 7.27. The topological polar surface area (TPSA) is 37.3 Å². The third-order valence-corrected chi connectivity index (χ3v) is 5.79. The molecule has 0 bridgehead atoms. The number of nitrogens with zero attached hydrogens (tertiary/aromatic N) is 2. The maximum atomic E-state index is 12.1. The van der Waals surface area contributed by atoms with Gasteiger partial charge in [-0.15, -0.1) is 24.8 Å². The van der Waals surface area contributed by atoms with Gasteiger partial charge >= 0.3 is 0 Å². The van der Waals surface area contributed by atoms with E-state index in [0.717, 1.165) is 31.7 Å². The van der Waals surface area contributed by atoms with Gasteiger partial charge in [0.25, 0.3) is 0 Å². The molecule has 144 valence electrons. The predicted molar refractivity (Wildman–Crippen MR) is 112 cm³/mol. The summed E-state index contributed by atoms with van der Waals surface area (Å²) in [6, 6.07) is 8.83. The highest BCUT2D eigenvalue weighted by Crippen LogP contribution is 2.42. The lowest BCUT2D eigenvalue weighted by Gasteiger charge is -2.38. The molecule has 26 heavy (non-hydrogen) atoms. The Balaban J connectivity index is 0.00000121. The zero-order valence-corrected chi connectivity index (χ0v) is 17.0. The molecular weight excluding hydrogens is 369 g/mol. The van der Waals surface area contributed by atoms with E-state index in [1.54, 1.807) is 6.92 Å². The Morgan fingerprint density at radius 2 is 1.77 bits per heavy atom. The summed E-state index contributed by atoms with van der Waals surface area (Å²) in [6.45, 7) is 5.98. The van der Waals surface area contributed by atoms with E-state index in [2.05, 4.69) is 34.6 Å². The van der Waals surface area contributed by atoms with E-state index in [9.17, 15) is 4.79 Å². The lowest BCUT2D eigenvalue weighted by molar-refractivity contribution is 0.0939. The number of hydrogen-bond donors (Lipinski definition) is 1. The van der Waals surface area contributed by atoms with Gasteiger partial charge in [-0.25, -0.2) is 0 Å². The molecule has 1 aliphatic carbocycles. The molecule has 2 aliphatic rings. The first-order chi connectivity index (χ1) is 11.8. The minimum atomic E-state index is 0. The Morgan fingerprint density at radius 1 is 1.12 bits per heavy atom. The Hall–Kier alpha value is -1.07. The smallest absolute Gasteiger partial charge is 0.227 e. The lowest BCUT2D eigenvalue weighted by atomic mass is 9.89. The van der Waals surface area contributed by atoms with Gasteiger partial charge in [0.05, 0.1) is 5.52 Å². The van der Waals surface area contributed by atoms with Gasteiger partial charge in [0.1, 0.15) is 0 Å². The third kappa shape index (κ3) is 3.94. The fourth-order valence-electron chi connectivity index (χ4n) is 4.68. The van der Waals surface area contributed by atoms with Crippen molar-refractivity contribution in [2.45, 2.75) is 38.6 Å². The van der Waals surface area contributed by atoms with Crippen molar-refractivity contribution < 1.29 is 4.79 Å². The summed E-state index contributed by atoms with van der Waals surface area (Å²) >= 11 is 0. The molecule has 0 amide bonds. The van der Waals surface area contributed by atoms with Crippen LogP contribution >= 0.6 is 24.8 Å². The lowest BCUT2D eigenvalue weighted by Crippen LogP contribution is -2.46. The maximum absolute atomic E-state index is 12.1. The van der Waals surface area contributed by atoms with Crippen LogP contribution in [0.4, 0.5) is 0 Å². The highest BCUT2D eigenvalue weighted by atomic mass is 35.5. The summed E-state index contributed by atoms with van der Waals surface area (Å²) in [5.41, 5.74) is 2.41. The molecule has 1 aromatic carbocycles. The van der Waals surface area contributed by atoms with Gasteiger partial charge in [0, 0.05) is 50.7 Å². The Bertz CT molecular complexity index is 734. The van der Waals surface area contributed by atoms with Gasteiger partial charge in [-0.1, -0.05) is 31.0 Å². The highest BCUT2D eigenvalue weighted by Gasteiger charge is 2.34. The van der Waals surface area contributed by atoms with Crippen molar-refractivity contribution in [3.8, 4) is 0 Å². The summed E-state index contributed by atoms with van der Waals surface area (Å²) < 4.78 is 1.84. The SMILES string of the molecule is CC(=O)n1cc([C@@H](C2CCCC2)N2CCNCC2)c2ccccc21.Cl.Cl. The summed E-state index contributed by atoms with van der Waals surface area (Å²) in [5.74, 6) is 0.817. The van der Waals surface area contributed by atoms with Gasteiger partial charge in [-0.05, 0) is 30.4 Å². The summed E-state index contributed by atoms with van der Waals surface area (Å²) in [6.07, 6.45) is 7.44. The van der Waals surface area contributed by atoms with Crippen molar-refractivity contribution in [2.75, 3.05) is 26.2 Å². The van der Waals surface area contributed by atoms with Crippen molar-refractivity contribution in [1.82, 2.24) is 14.8 Å². The standard InChI is InChI=1S/C20H27N3O.2ClH/c1-15(24)23-14-18(17-8-4-5-9-19(17)23)20(16-6-2-3-7-16)22-12-10-21-11-13-22;;/h4-5,8-9,14,16,20-21H,2-3,6-7,10-13H2,1H3;2*1H/t20-;;/m1../s1. The summed E-state index contributed by atoms with van der Waals surface area (Å²) in [7, 11) is 0. The van der Waals surface area contributed by atoms with Crippen LogP contribution in [0, 0.1) is 5.92 Å². The monoisotopic (exact) mass is 397 g/mol. The molecule has 1 atom stereocenters. The van der Waals surface area contributed by atoms with Crippen molar-refractivity contribution in [2.24, 2.45) is 5.92 Å². The number of para-hydroxylation sites is 1. The normalized spacial score (nSPS) is 19.7. The first-order valence-electron chi connectivity index (χ1n) is 9.31. The molecule has 4 rings (SSSR count). The molecule has 1 saturated heterocycles. The molecule has 0 unspecified atom stereocenters. The zero-order valence-electron chi connectivity index (χ0n) is 15.3. The van der Waals surface area contributed by atoms with Crippen LogP contribution in [0.3, 0.4) is 0 Å². The molecule has 1 saturated carbocycles. The predicted octanol–water partition coefficient (Wildman–Crippen LogP) is 4.28. The highest BCUT2D eigenvalue weighted by molar-refractivity contribution is 5.93. The quantitative estimate of drug-likeness (QED) is 0.839. The van der Waals surface area contributed by atoms with E-state index >= 15 is 0 Å². The Morgan fingerprint density at radius 3 is 2.42 bits per heavy atom. The van der Waals surface area contributed by atoms with Gasteiger partial charge < -0.3 is 5.32 Å². The average molecular weight is 398 g/mol. The van der Waals surface area contributed by atoms with Crippen LogP contribution in [0.15, 0.2) is 30.5 Å². The van der Waals surface area contributed by atoms with E-state index in [-0.39, 0.29) is 30.7 Å². The van der Waals surface area contributed by atoms with Gasteiger partial charge in [0.15, 0.2) is 0 Å². The number of rotatable bonds is 3. The first-order valence-corrected chi connectivity index (χ1v) is 9.31. The third-order valence-electron chi connectivity index (χ3n) is 5.79. The minimum Gasteiger partial charge on any atom is -0.314 e. The molecule has 6 heteroatoms. The average Bonchev–Trinajstić information content (AvgIpc) is 3.25. The van der Waals surface area contributed by atoms with Crippen LogP contribution in [0.25, 0.3) is 10.9 Å². The van der Waals surface area contributed by atoms with E-state index in [4.69, 9.17) is 0 Å². The molecule has 4 nitrogen and oxygen atoms in total. The molecule has 1 aromatic heterocycles. The van der Waals surface area contributed by atoms with Crippen molar-refractivity contribution in [1.29, 1.82) is 0 Å². The molecule has 0 radical (unpaired) electrons. The van der Waals surface area contributed by atoms with Gasteiger partial charge in [-0.2, -0.15) is 0 Å². The van der Waals surface area contributed by atoms with Crippen LogP contribution in [-0.2, 0) is 0 Å². The van der Waals surface area contributed by atoms with E-state index in [0.29, 0.717) is 12.0 Å². The van der Waals surface area contributed by atoms with Crippen LogP contribution in [0.5, 0.6) is 0 Å². The van der Waals surface area contributed by atoms with Crippen LogP contribution in [-0.4, -0.2) is 41.6 Å². The molecule has 2 fully saturated rings. The summed E-state index contributed by atoms with van der Waals surface area (Å²) in [5, 5.41) is 4.72. The molecule has 1 aliphatic heterocycles.